The fourth-order valence-electron chi connectivity index (χ4n) is 1.86. The van der Waals surface area contributed by atoms with Gasteiger partial charge in [0.2, 0.25) is 0 Å². The van der Waals surface area contributed by atoms with Crippen molar-refractivity contribution >= 4 is 5.97 Å². The van der Waals surface area contributed by atoms with Gasteiger partial charge in [0.25, 0.3) is 0 Å². The maximum Gasteiger partial charge on any atom is 0.341 e. The van der Waals surface area contributed by atoms with E-state index in [1.807, 2.05) is 30.3 Å². The molecule has 0 amide bonds. The highest BCUT2D eigenvalue weighted by atomic mass is 16.6. The smallest absolute Gasteiger partial charge is 0.341 e. The second-order valence-electron chi connectivity index (χ2n) is 4.29. The summed E-state index contributed by atoms with van der Waals surface area (Å²) in [6, 6.07) is 9.53. The van der Waals surface area contributed by atoms with Crippen LogP contribution >= 0.6 is 0 Å². The van der Waals surface area contributed by atoms with E-state index in [-0.39, 0.29) is 13.2 Å². The molecular weight excluding hydrogens is 232 g/mol. The minimum absolute atomic E-state index is 0.119. The first-order valence-electron chi connectivity index (χ1n) is 6.03. The highest BCUT2D eigenvalue weighted by Gasteiger charge is 2.41. The summed E-state index contributed by atoms with van der Waals surface area (Å²) in [4.78, 5) is 12.1. The van der Waals surface area contributed by atoms with E-state index in [0.717, 1.165) is 12.1 Å². The molecule has 1 unspecified atom stereocenters. The van der Waals surface area contributed by atoms with E-state index in [1.54, 1.807) is 0 Å². The molecule has 0 aliphatic carbocycles. The summed E-state index contributed by atoms with van der Waals surface area (Å²) in [5, 5.41) is 3.10. The normalized spacial score (nSPS) is 23.6. The van der Waals surface area contributed by atoms with Crippen molar-refractivity contribution in [3.05, 3.63) is 35.9 Å². The van der Waals surface area contributed by atoms with Crippen LogP contribution in [0.15, 0.2) is 30.3 Å². The van der Waals surface area contributed by atoms with Crippen LogP contribution in [0.2, 0.25) is 0 Å². The van der Waals surface area contributed by atoms with Gasteiger partial charge in [-0.25, -0.2) is 4.79 Å². The number of ether oxygens (including phenoxy) is 2. The largest absolute Gasteiger partial charge is 0.459 e. The minimum atomic E-state index is -1.03. The van der Waals surface area contributed by atoms with Gasteiger partial charge in [0.1, 0.15) is 6.61 Å². The van der Waals surface area contributed by atoms with Gasteiger partial charge in [-0.15, -0.1) is 0 Å². The predicted octanol–water partition coefficient (Wildman–Crippen LogP) is 0.0471. The highest BCUT2D eigenvalue weighted by molar-refractivity contribution is 5.80. The number of hydrogen-bond donors (Lipinski definition) is 2. The van der Waals surface area contributed by atoms with Crippen LogP contribution in [-0.2, 0) is 20.9 Å². The number of carbonyl (C=O) groups excluding carboxylic acids is 1. The molecule has 1 fully saturated rings. The van der Waals surface area contributed by atoms with Crippen LogP contribution in [0.4, 0.5) is 0 Å². The summed E-state index contributed by atoms with van der Waals surface area (Å²) in [6.07, 6.45) is 0. The van der Waals surface area contributed by atoms with E-state index >= 15 is 0 Å². The molecule has 1 aromatic rings. The fourth-order valence-corrected chi connectivity index (χ4v) is 1.86. The number of esters is 1. The van der Waals surface area contributed by atoms with Gasteiger partial charge in [0, 0.05) is 19.6 Å². The molecule has 0 radical (unpaired) electrons. The van der Waals surface area contributed by atoms with E-state index in [2.05, 4.69) is 5.32 Å². The number of rotatable bonds is 4. The predicted molar refractivity (Wildman–Crippen MR) is 66.8 cm³/mol. The van der Waals surface area contributed by atoms with E-state index in [0.29, 0.717) is 13.2 Å². The molecule has 0 spiro atoms. The molecule has 0 bridgehead atoms. The van der Waals surface area contributed by atoms with Crippen molar-refractivity contribution in [1.82, 2.24) is 5.32 Å². The molecule has 1 heterocycles. The standard InChI is InChI=1S/C13H18N2O3/c14-9-13(10-15-6-7-18-13)12(16)17-8-11-4-2-1-3-5-11/h1-5,15H,6-10,14H2. The minimum Gasteiger partial charge on any atom is -0.459 e. The molecule has 1 saturated heterocycles. The van der Waals surface area contributed by atoms with Crippen LogP contribution < -0.4 is 11.1 Å². The molecule has 2 rings (SSSR count). The van der Waals surface area contributed by atoms with Crippen molar-refractivity contribution in [2.24, 2.45) is 5.73 Å². The Morgan fingerprint density at radius 2 is 2.22 bits per heavy atom. The summed E-state index contributed by atoms with van der Waals surface area (Å²) in [6.45, 7) is 1.96. The maximum absolute atomic E-state index is 12.1. The topological polar surface area (TPSA) is 73.6 Å². The summed E-state index contributed by atoms with van der Waals surface area (Å²) in [5.74, 6) is -0.402. The molecule has 5 nitrogen and oxygen atoms in total. The van der Waals surface area contributed by atoms with Gasteiger partial charge in [-0.1, -0.05) is 30.3 Å². The first-order valence-corrected chi connectivity index (χ1v) is 6.03. The van der Waals surface area contributed by atoms with Crippen LogP contribution in [-0.4, -0.2) is 37.8 Å². The van der Waals surface area contributed by atoms with Crippen LogP contribution in [0, 0.1) is 0 Å². The quantitative estimate of drug-likeness (QED) is 0.739. The van der Waals surface area contributed by atoms with E-state index in [4.69, 9.17) is 15.2 Å². The van der Waals surface area contributed by atoms with E-state index in [9.17, 15) is 4.79 Å². The lowest BCUT2D eigenvalue weighted by Gasteiger charge is -2.34. The monoisotopic (exact) mass is 250 g/mol. The van der Waals surface area contributed by atoms with Gasteiger partial charge >= 0.3 is 5.97 Å². The van der Waals surface area contributed by atoms with Gasteiger partial charge in [0.05, 0.1) is 6.61 Å². The van der Waals surface area contributed by atoms with Gasteiger partial charge in [-0.2, -0.15) is 0 Å². The molecule has 5 heteroatoms. The summed E-state index contributed by atoms with van der Waals surface area (Å²) in [5.41, 5.74) is 5.55. The Morgan fingerprint density at radius 3 is 2.83 bits per heavy atom. The number of benzene rings is 1. The van der Waals surface area contributed by atoms with Gasteiger partial charge in [-0.05, 0) is 5.56 Å². The number of morpholine rings is 1. The van der Waals surface area contributed by atoms with Crippen LogP contribution in [0.1, 0.15) is 5.56 Å². The third kappa shape index (κ3) is 2.87. The molecule has 1 aliphatic heterocycles. The first kappa shape index (κ1) is 13.0. The maximum atomic E-state index is 12.1. The molecule has 18 heavy (non-hydrogen) atoms. The Kier molecular flexibility index (Phi) is 4.30. The molecule has 1 atom stereocenters. The zero-order chi connectivity index (χ0) is 12.8. The first-order chi connectivity index (χ1) is 8.77. The van der Waals surface area contributed by atoms with Crippen molar-refractivity contribution < 1.29 is 14.3 Å². The summed E-state index contributed by atoms with van der Waals surface area (Å²) in [7, 11) is 0. The lowest BCUT2D eigenvalue weighted by atomic mass is 10.0. The van der Waals surface area contributed by atoms with E-state index in [1.165, 1.54) is 0 Å². The number of hydrogen-bond acceptors (Lipinski definition) is 5. The molecule has 0 aromatic heterocycles. The van der Waals surface area contributed by atoms with Gasteiger partial charge < -0.3 is 20.5 Å². The average Bonchev–Trinajstić information content (AvgIpc) is 2.46. The Balaban J connectivity index is 1.94. The number of nitrogens with one attached hydrogen (secondary N) is 1. The lowest BCUT2D eigenvalue weighted by molar-refractivity contribution is -0.175. The lowest BCUT2D eigenvalue weighted by Crippen LogP contribution is -2.59. The Hall–Kier alpha value is -1.43. The molecular formula is C13H18N2O3. The second-order valence-corrected chi connectivity index (χ2v) is 4.29. The SMILES string of the molecule is NCC1(C(=O)OCc2ccccc2)CNCCO1. The van der Waals surface area contributed by atoms with E-state index < -0.39 is 11.6 Å². The molecule has 3 N–H and O–H groups in total. The Morgan fingerprint density at radius 1 is 1.44 bits per heavy atom. The van der Waals surface area contributed by atoms with Crippen molar-refractivity contribution in [1.29, 1.82) is 0 Å². The van der Waals surface area contributed by atoms with Crippen molar-refractivity contribution in [2.45, 2.75) is 12.2 Å². The van der Waals surface area contributed by atoms with Gasteiger partial charge in [0.15, 0.2) is 5.60 Å². The molecule has 98 valence electrons. The Bertz CT molecular complexity index is 388. The average molecular weight is 250 g/mol. The Labute approximate surface area is 106 Å². The fraction of sp³-hybridized carbons (Fsp3) is 0.462. The summed E-state index contributed by atoms with van der Waals surface area (Å²) >= 11 is 0. The second kappa shape index (κ2) is 5.95. The number of carbonyl (C=O) groups is 1. The van der Waals surface area contributed by atoms with Crippen LogP contribution in [0.25, 0.3) is 0 Å². The zero-order valence-corrected chi connectivity index (χ0v) is 10.2. The third-order valence-corrected chi connectivity index (χ3v) is 2.98. The van der Waals surface area contributed by atoms with Gasteiger partial charge in [-0.3, -0.25) is 0 Å². The highest BCUT2D eigenvalue weighted by Crippen LogP contribution is 2.15. The van der Waals surface area contributed by atoms with Crippen molar-refractivity contribution in [3.63, 3.8) is 0 Å². The molecule has 1 aliphatic rings. The molecule has 0 saturated carbocycles. The number of nitrogens with two attached hydrogens (primary N) is 1. The van der Waals surface area contributed by atoms with Crippen LogP contribution in [0.3, 0.4) is 0 Å². The molecule has 1 aromatic carbocycles. The third-order valence-electron chi connectivity index (χ3n) is 2.98. The summed E-state index contributed by atoms with van der Waals surface area (Å²) < 4.78 is 10.8. The van der Waals surface area contributed by atoms with Crippen molar-refractivity contribution in [3.8, 4) is 0 Å². The zero-order valence-electron chi connectivity index (χ0n) is 10.2. The van der Waals surface area contributed by atoms with Crippen LogP contribution in [0.5, 0.6) is 0 Å². The van der Waals surface area contributed by atoms with Crippen molar-refractivity contribution in [2.75, 3.05) is 26.2 Å².